The van der Waals surface area contributed by atoms with Crippen LogP contribution in [0.4, 0.5) is 0 Å². The van der Waals surface area contributed by atoms with E-state index in [-0.39, 0.29) is 0 Å². The molecule has 58 heavy (non-hydrogen) atoms. The molecule has 5 nitrogen and oxygen atoms in total. The van der Waals surface area contributed by atoms with Gasteiger partial charge in [-0.3, -0.25) is 4.98 Å². The summed E-state index contributed by atoms with van der Waals surface area (Å²) in [5.41, 5.74) is 14.0. The van der Waals surface area contributed by atoms with Gasteiger partial charge in [-0.25, -0.2) is 0 Å². The van der Waals surface area contributed by atoms with Crippen molar-refractivity contribution in [2.45, 2.75) is 0 Å². The fraction of sp³-hybridized carbons (Fsp3) is 0. The SMILES string of the molecule is c1ccc(-n2c3ccccc3c3cc(-n4c5ccccc5c5c6c7ccccc7n(-c7ccc8c(c7)c7cnccc7n8-c7ccccc7)c6ccc54)ccc32)cc1. The summed E-state index contributed by atoms with van der Waals surface area (Å²) in [5, 5.41) is 9.80. The normalized spacial score (nSPS) is 12.1. The number of benzene rings is 8. The van der Waals surface area contributed by atoms with E-state index in [9.17, 15) is 0 Å². The van der Waals surface area contributed by atoms with E-state index in [0.717, 1.165) is 39.2 Å². The largest absolute Gasteiger partial charge is 0.309 e. The van der Waals surface area contributed by atoms with Crippen LogP contribution < -0.4 is 0 Å². The van der Waals surface area contributed by atoms with Crippen molar-refractivity contribution in [1.29, 1.82) is 0 Å². The third-order valence-electron chi connectivity index (χ3n) is 12.2. The number of nitrogens with zero attached hydrogens (tertiary/aromatic N) is 5. The second-order valence-corrected chi connectivity index (χ2v) is 15.2. The molecule has 0 radical (unpaired) electrons. The number of hydrogen-bond donors (Lipinski definition) is 0. The highest BCUT2D eigenvalue weighted by Crippen LogP contribution is 2.44. The van der Waals surface area contributed by atoms with E-state index in [1.807, 2.05) is 12.4 Å². The third-order valence-corrected chi connectivity index (χ3v) is 12.2. The lowest BCUT2D eigenvalue weighted by molar-refractivity contribution is 1.16. The Morgan fingerprint density at radius 2 is 0.638 bits per heavy atom. The molecule has 0 saturated heterocycles. The first-order valence-corrected chi connectivity index (χ1v) is 19.8. The minimum Gasteiger partial charge on any atom is -0.309 e. The maximum absolute atomic E-state index is 4.58. The predicted octanol–water partition coefficient (Wildman–Crippen LogP) is 13.5. The van der Waals surface area contributed by atoms with Crippen LogP contribution in [0.1, 0.15) is 0 Å². The Morgan fingerprint density at radius 1 is 0.259 bits per heavy atom. The summed E-state index contributed by atoms with van der Waals surface area (Å²) in [6.45, 7) is 0. The number of pyridine rings is 1. The molecule has 0 saturated carbocycles. The number of hydrogen-bond acceptors (Lipinski definition) is 1. The van der Waals surface area contributed by atoms with Crippen molar-refractivity contribution in [3.8, 4) is 22.7 Å². The van der Waals surface area contributed by atoms with Gasteiger partial charge in [0.1, 0.15) is 0 Å². The Labute approximate surface area is 332 Å². The van der Waals surface area contributed by atoms with Gasteiger partial charge in [0.25, 0.3) is 0 Å². The molecule has 13 rings (SSSR count). The molecule has 5 heteroatoms. The average molecular weight is 740 g/mol. The topological polar surface area (TPSA) is 32.6 Å². The standard InChI is InChI=1S/C53H33N5/c1-3-13-34(14-4-1)55-44-20-10-7-17-38(44)41-31-36(23-25-47(41)55)57-45-21-11-8-18-39(45)52-50(57)27-28-51-53(52)40-19-9-12-22-46(40)58(51)37-24-26-48-42(32-37)43-33-54-30-29-49(43)56(48)35-15-5-2-6-16-35/h1-33H. The minimum atomic E-state index is 1.12. The van der Waals surface area contributed by atoms with E-state index < -0.39 is 0 Å². The maximum atomic E-state index is 4.58. The first-order chi connectivity index (χ1) is 28.8. The average Bonchev–Trinajstić information content (AvgIpc) is 4.01. The first kappa shape index (κ1) is 31.3. The van der Waals surface area contributed by atoms with Crippen LogP contribution in [0.3, 0.4) is 0 Å². The van der Waals surface area contributed by atoms with Crippen LogP contribution in [0, 0.1) is 0 Å². The van der Waals surface area contributed by atoms with Gasteiger partial charge in [-0.1, -0.05) is 91.0 Å². The lowest BCUT2D eigenvalue weighted by Crippen LogP contribution is -1.96. The molecule has 5 aromatic heterocycles. The van der Waals surface area contributed by atoms with Gasteiger partial charge in [0.2, 0.25) is 0 Å². The Morgan fingerprint density at radius 3 is 1.17 bits per heavy atom. The first-order valence-electron chi connectivity index (χ1n) is 19.8. The van der Waals surface area contributed by atoms with Crippen LogP contribution in [0.2, 0.25) is 0 Å². The molecule has 0 amide bonds. The minimum absolute atomic E-state index is 1.12. The van der Waals surface area contributed by atoms with Gasteiger partial charge >= 0.3 is 0 Å². The van der Waals surface area contributed by atoms with Crippen molar-refractivity contribution in [2.75, 3.05) is 0 Å². The Bertz CT molecular complexity index is 3540. The quantitative estimate of drug-likeness (QED) is 0.177. The number of fused-ring (bicyclic) bond motifs is 13. The summed E-state index contributed by atoms with van der Waals surface area (Å²) in [5.74, 6) is 0. The smallest absolute Gasteiger partial charge is 0.0571 e. The zero-order valence-electron chi connectivity index (χ0n) is 31.3. The van der Waals surface area contributed by atoms with Crippen molar-refractivity contribution in [2.24, 2.45) is 0 Å². The zero-order chi connectivity index (χ0) is 37.9. The molecule has 0 aliphatic heterocycles. The fourth-order valence-corrected chi connectivity index (χ4v) is 9.88. The lowest BCUT2D eigenvalue weighted by atomic mass is 10.1. The zero-order valence-corrected chi connectivity index (χ0v) is 31.3. The summed E-state index contributed by atoms with van der Waals surface area (Å²) in [6.07, 6.45) is 3.89. The summed E-state index contributed by atoms with van der Waals surface area (Å²) in [6, 6.07) is 68.4. The summed E-state index contributed by atoms with van der Waals surface area (Å²) < 4.78 is 9.63. The van der Waals surface area contributed by atoms with Gasteiger partial charge in [0.05, 0.1) is 44.1 Å². The second-order valence-electron chi connectivity index (χ2n) is 15.2. The maximum Gasteiger partial charge on any atom is 0.0571 e. The molecule has 8 aromatic carbocycles. The van der Waals surface area contributed by atoms with Gasteiger partial charge in [0, 0.05) is 78.2 Å². The number of rotatable bonds is 4. The van der Waals surface area contributed by atoms with Gasteiger partial charge in [-0.2, -0.15) is 0 Å². The van der Waals surface area contributed by atoms with Gasteiger partial charge in [-0.05, 0) is 97.1 Å². The van der Waals surface area contributed by atoms with E-state index >= 15 is 0 Å². The van der Waals surface area contributed by atoms with E-state index in [1.165, 1.54) is 70.8 Å². The highest BCUT2D eigenvalue weighted by Gasteiger charge is 2.22. The van der Waals surface area contributed by atoms with Crippen LogP contribution in [0.15, 0.2) is 200 Å². The van der Waals surface area contributed by atoms with E-state index in [2.05, 4.69) is 211 Å². The lowest BCUT2D eigenvalue weighted by Gasteiger charge is -2.11. The van der Waals surface area contributed by atoms with Crippen LogP contribution >= 0.6 is 0 Å². The summed E-state index contributed by atoms with van der Waals surface area (Å²) in [7, 11) is 0. The Kier molecular flexibility index (Phi) is 6.38. The molecule has 13 aromatic rings. The van der Waals surface area contributed by atoms with Crippen molar-refractivity contribution in [3.63, 3.8) is 0 Å². The monoisotopic (exact) mass is 739 g/mol. The number of para-hydroxylation sites is 5. The van der Waals surface area contributed by atoms with Gasteiger partial charge in [-0.15, -0.1) is 0 Å². The third kappa shape index (κ3) is 4.22. The Hall–Kier alpha value is -7.89. The molecule has 0 fully saturated rings. The van der Waals surface area contributed by atoms with Crippen LogP contribution in [0.25, 0.3) is 110 Å². The molecule has 5 heterocycles. The van der Waals surface area contributed by atoms with E-state index in [1.54, 1.807) is 0 Å². The molecule has 0 N–H and O–H groups in total. The fourth-order valence-electron chi connectivity index (χ4n) is 9.88. The van der Waals surface area contributed by atoms with Crippen LogP contribution in [-0.2, 0) is 0 Å². The Balaban J connectivity index is 1.08. The highest BCUT2D eigenvalue weighted by atomic mass is 15.0. The summed E-state index contributed by atoms with van der Waals surface area (Å²) >= 11 is 0. The van der Waals surface area contributed by atoms with Gasteiger partial charge in [0.15, 0.2) is 0 Å². The molecule has 0 bridgehead atoms. The molecular weight excluding hydrogens is 707 g/mol. The van der Waals surface area contributed by atoms with Crippen molar-refractivity contribution >= 4 is 87.2 Å². The molecular formula is C53H33N5. The van der Waals surface area contributed by atoms with Crippen molar-refractivity contribution < 1.29 is 0 Å². The molecule has 0 unspecified atom stereocenters. The van der Waals surface area contributed by atoms with E-state index in [4.69, 9.17) is 0 Å². The molecule has 0 atom stereocenters. The van der Waals surface area contributed by atoms with Crippen molar-refractivity contribution in [1.82, 2.24) is 23.3 Å². The molecule has 0 spiro atoms. The van der Waals surface area contributed by atoms with Gasteiger partial charge < -0.3 is 18.3 Å². The van der Waals surface area contributed by atoms with Crippen molar-refractivity contribution in [3.05, 3.63) is 200 Å². The molecule has 0 aliphatic rings. The predicted molar refractivity (Wildman–Crippen MR) is 242 cm³/mol. The molecule has 270 valence electrons. The number of aromatic nitrogens is 5. The van der Waals surface area contributed by atoms with Crippen LogP contribution in [0.5, 0.6) is 0 Å². The van der Waals surface area contributed by atoms with Crippen LogP contribution in [-0.4, -0.2) is 23.3 Å². The van der Waals surface area contributed by atoms with E-state index in [0.29, 0.717) is 0 Å². The highest BCUT2D eigenvalue weighted by molar-refractivity contribution is 6.29. The second kappa shape index (κ2) is 11.8. The molecule has 0 aliphatic carbocycles. The summed E-state index contributed by atoms with van der Waals surface area (Å²) in [4.78, 5) is 4.58.